The Balaban J connectivity index is 1.81. The van der Waals surface area contributed by atoms with Gasteiger partial charge in [0.1, 0.15) is 22.3 Å². The molecule has 3 heterocycles. The highest BCUT2D eigenvalue weighted by Gasteiger charge is 2.26. The Morgan fingerprint density at radius 1 is 1.21 bits per heavy atom. The first kappa shape index (κ1) is 15.3. The minimum Gasteiger partial charge on any atom is -0.355 e. The number of benzene rings is 1. The number of hydrogen-bond donors (Lipinski definition) is 0. The van der Waals surface area contributed by atoms with Crippen LogP contribution in [0.25, 0.3) is 20.7 Å². The topological polar surface area (TPSA) is 46.1 Å². The van der Waals surface area contributed by atoms with Crippen LogP contribution in [0.1, 0.15) is 19.2 Å². The average molecular weight is 337 g/mol. The summed E-state index contributed by atoms with van der Waals surface area (Å²) in [6.45, 7) is 5.41. The maximum absolute atomic E-state index is 11.8. The first-order valence-corrected chi connectivity index (χ1v) is 9.05. The molecule has 1 saturated heterocycles. The Labute approximate surface area is 145 Å². The number of carbonyl (C=O) groups excluding carboxylic acids is 1. The lowest BCUT2D eigenvalue weighted by molar-refractivity contribution is -0.122. The third kappa shape index (κ3) is 2.69. The standard InChI is InChI=1S/C19H19N3OS/c1-12-11-22(9-8-16(12)23)18-15-10-17(14-6-4-3-5-7-14)24-19(15)21-13(2)20-18/h3-7,10,12H,8-9,11H2,1-2H3. The second-order valence-corrected chi connectivity index (χ2v) is 7.38. The van der Waals surface area contributed by atoms with Gasteiger partial charge in [-0.15, -0.1) is 11.3 Å². The van der Waals surface area contributed by atoms with Crippen molar-refractivity contribution in [2.75, 3.05) is 18.0 Å². The van der Waals surface area contributed by atoms with Gasteiger partial charge in [0.25, 0.3) is 0 Å². The second kappa shape index (κ2) is 5.98. The number of piperidine rings is 1. The molecule has 1 fully saturated rings. The number of ketones is 1. The zero-order chi connectivity index (χ0) is 16.7. The van der Waals surface area contributed by atoms with E-state index >= 15 is 0 Å². The summed E-state index contributed by atoms with van der Waals surface area (Å²) < 4.78 is 0. The number of anilines is 1. The molecule has 24 heavy (non-hydrogen) atoms. The molecule has 122 valence electrons. The minimum absolute atomic E-state index is 0.0660. The molecule has 1 aliphatic heterocycles. The number of Topliss-reactive ketones (excluding diaryl/α,β-unsaturated/α-hetero) is 1. The first-order chi connectivity index (χ1) is 11.6. The molecule has 1 atom stereocenters. The van der Waals surface area contributed by atoms with Gasteiger partial charge in [0.2, 0.25) is 0 Å². The van der Waals surface area contributed by atoms with Gasteiger partial charge in [0.15, 0.2) is 0 Å². The molecule has 2 aromatic heterocycles. The molecular formula is C19H19N3OS. The average Bonchev–Trinajstić information content (AvgIpc) is 3.01. The van der Waals surface area contributed by atoms with E-state index < -0.39 is 0 Å². The van der Waals surface area contributed by atoms with Crippen molar-refractivity contribution in [2.45, 2.75) is 20.3 Å². The maximum Gasteiger partial charge on any atom is 0.141 e. The molecule has 0 amide bonds. The van der Waals surface area contributed by atoms with Crippen LogP contribution in [0.3, 0.4) is 0 Å². The van der Waals surface area contributed by atoms with Gasteiger partial charge in [-0.3, -0.25) is 4.79 Å². The lowest BCUT2D eigenvalue weighted by atomic mass is 9.98. The van der Waals surface area contributed by atoms with Crippen molar-refractivity contribution in [1.82, 2.24) is 9.97 Å². The Morgan fingerprint density at radius 3 is 2.75 bits per heavy atom. The Bertz CT molecular complexity index is 904. The van der Waals surface area contributed by atoms with E-state index in [-0.39, 0.29) is 5.92 Å². The summed E-state index contributed by atoms with van der Waals surface area (Å²) in [5.41, 5.74) is 1.20. The lowest BCUT2D eigenvalue weighted by Crippen LogP contribution is -2.40. The number of thiophene rings is 1. The number of hydrogen-bond acceptors (Lipinski definition) is 5. The first-order valence-electron chi connectivity index (χ1n) is 8.23. The van der Waals surface area contributed by atoms with Crippen LogP contribution in [-0.2, 0) is 4.79 Å². The Hall–Kier alpha value is -2.27. The number of aryl methyl sites for hydroxylation is 1. The minimum atomic E-state index is 0.0660. The maximum atomic E-state index is 11.8. The van der Waals surface area contributed by atoms with Crippen LogP contribution in [0.4, 0.5) is 5.82 Å². The highest BCUT2D eigenvalue weighted by molar-refractivity contribution is 7.21. The van der Waals surface area contributed by atoms with Gasteiger partial charge in [-0.1, -0.05) is 37.3 Å². The van der Waals surface area contributed by atoms with Crippen molar-refractivity contribution in [3.05, 3.63) is 42.2 Å². The number of aromatic nitrogens is 2. The summed E-state index contributed by atoms with van der Waals surface area (Å²) in [4.78, 5) is 25.6. The normalized spacial score (nSPS) is 18.3. The van der Waals surface area contributed by atoms with E-state index in [0.29, 0.717) is 12.2 Å². The van der Waals surface area contributed by atoms with Crippen LogP contribution in [0.15, 0.2) is 36.4 Å². The fourth-order valence-electron chi connectivity index (χ4n) is 3.20. The summed E-state index contributed by atoms with van der Waals surface area (Å²) in [7, 11) is 0. The van der Waals surface area contributed by atoms with Crippen LogP contribution in [-0.4, -0.2) is 28.8 Å². The van der Waals surface area contributed by atoms with Gasteiger partial charge >= 0.3 is 0 Å². The number of carbonyl (C=O) groups is 1. The van der Waals surface area contributed by atoms with Crippen molar-refractivity contribution >= 4 is 33.2 Å². The quantitative estimate of drug-likeness (QED) is 0.707. The molecule has 0 N–H and O–H groups in total. The van der Waals surface area contributed by atoms with Gasteiger partial charge in [-0.2, -0.15) is 0 Å². The third-order valence-electron chi connectivity index (χ3n) is 4.51. The molecular weight excluding hydrogens is 318 g/mol. The molecule has 0 spiro atoms. The number of fused-ring (bicyclic) bond motifs is 1. The van der Waals surface area contributed by atoms with E-state index in [2.05, 4.69) is 40.2 Å². The van der Waals surface area contributed by atoms with Crippen LogP contribution in [0.2, 0.25) is 0 Å². The molecule has 4 rings (SSSR count). The SMILES string of the molecule is Cc1nc(N2CCC(=O)C(C)C2)c2cc(-c3ccccc3)sc2n1. The Morgan fingerprint density at radius 2 is 2.00 bits per heavy atom. The smallest absolute Gasteiger partial charge is 0.141 e. The molecule has 0 radical (unpaired) electrons. The van der Waals surface area contributed by atoms with E-state index in [1.807, 2.05) is 19.9 Å². The van der Waals surface area contributed by atoms with E-state index in [0.717, 1.165) is 34.9 Å². The number of nitrogens with zero attached hydrogens (tertiary/aromatic N) is 3. The largest absolute Gasteiger partial charge is 0.355 e. The van der Waals surface area contributed by atoms with Crippen LogP contribution in [0, 0.1) is 12.8 Å². The van der Waals surface area contributed by atoms with Gasteiger partial charge in [-0.25, -0.2) is 9.97 Å². The molecule has 0 saturated carbocycles. The van der Waals surface area contributed by atoms with Crippen LogP contribution < -0.4 is 4.90 Å². The lowest BCUT2D eigenvalue weighted by Gasteiger charge is -2.31. The summed E-state index contributed by atoms with van der Waals surface area (Å²) >= 11 is 1.70. The van der Waals surface area contributed by atoms with Crippen molar-refractivity contribution < 1.29 is 4.79 Å². The molecule has 4 nitrogen and oxygen atoms in total. The fraction of sp³-hybridized carbons (Fsp3) is 0.316. The van der Waals surface area contributed by atoms with Crippen LogP contribution >= 0.6 is 11.3 Å². The molecule has 0 aliphatic carbocycles. The van der Waals surface area contributed by atoms with Crippen molar-refractivity contribution in [3.63, 3.8) is 0 Å². The van der Waals surface area contributed by atoms with Gasteiger partial charge in [0, 0.05) is 30.3 Å². The van der Waals surface area contributed by atoms with Crippen LogP contribution in [0.5, 0.6) is 0 Å². The van der Waals surface area contributed by atoms with Gasteiger partial charge < -0.3 is 4.90 Å². The molecule has 1 unspecified atom stereocenters. The van der Waals surface area contributed by atoms with E-state index in [1.165, 1.54) is 10.4 Å². The predicted molar refractivity (Wildman–Crippen MR) is 98.6 cm³/mol. The van der Waals surface area contributed by atoms with Gasteiger partial charge in [0.05, 0.1) is 5.39 Å². The molecule has 0 bridgehead atoms. The molecule has 5 heteroatoms. The van der Waals surface area contributed by atoms with Crippen molar-refractivity contribution in [1.29, 1.82) is 0 Å². The molecule has 1 aromatic carbocycles. The van der Waals surface area contributed by atoms with E-state index in [9.17, 15) is 4.79 Å². The second-order valence-electron chi connectivity index (χ2n) is 6.35. The van der Waals surface area contributed by atoms with E-state index in [4.69, 9.17) is 4.98 Å². The fourth-order valence-corrected chi connectivity index (χ4v) is 4.28. The van der Waals surface area contributed by atoms with Crippen molar-refractivity contribution in [2.24, 2.45) is 5.92 Å². The zero-order valence-electron chi connectivity index (χ0n) is 13.8. The third-order valence-corrected chi connectivity index (χ3v) is 5.59. The highest BCUT2D eigenvalue weighted by Crippen LogP contribution is 2.37. The highest BCUT2D eigenvalue weighted by atomic mass is 32.1. The van der Waals surface area contributed by atoms with E-state index in [1.54, 1.807) is 11.3 Å². The summed E-state index contributed by atoms with van der Waals surface area (Å²) in [5, 5.41) is 1.09. The molecule has 1 aliphatic rings. The summed E-state index contributed by atoms with van der Waals surface area (Å²) in [6.07, 6.45) is 0.599. The monoisotopic (exact) mass is 337 g/mol. The molecule has 3 aromatic rings. The Kier molecular flexibility index (Phi) is 3.81. The number of rotatable bonds is 2. The van der Waals surface area contributed by atoms with Gasteiger partial charge in [-0.05, 0) is 18.6 Å². The van der Waals surface area contributed by atoms with Crippen molar-refractivity contribution in [3.8, 4) is 10.4 Å². The summed E-state index contributed by atoms with van der Waals surface area (Å²) in [5.74, 6) is 2.17. The zero-order valence-corrected chi connectivity index (χ0v) is 14.6. The predicted octanol–water partition coefficient (Wildman–Crippen LogP) is 4.08. The summed E-state index contributed by atoms with van der Waals surface area (Å²) in [6, 6.07) is 12.5.